The number of ether oxygens (including phenoxy) is 2. The quantitative estimate of drug-likeness (QED) is 0.185. The Morgan fingerprint density at radius 2 is 1.39 bits per heavy atom. The molecule has 46 heavy (non-hydrogen) atoms. The monoisotopic (exact) mass is 663 g/mol. The summed E-state index contributed by atoms with van der Waals surface area (Å²) in [5, 5.41) is 3.35. The molecule has 0 aliphatic heterocycles. The smallest absolute Gasteiger partial charge is 0.264 e. The number of carbonyl (C=O) groups excluding carboxylic acids is 2. The van der Waals surface area contributed by atoms with Crippen LogP contribution in [0.4, 0.5) is 5.69 Å². The van der Waals surface area contributed by atoms with Crippen molar-refractivity contribution < 1.29 is 27.5 Å². The first-order valence-electron chi connectivity index (χ1n) is 14.7. The largest absolute Gasteiger partial charge is 0.493 e. The lowest BCUT2D eigenvalue weighted by atomic mass is 10.0. The number of amides is 2. The van der Waals surface area contributed by atoms with Gasteiger partial charge >= 0.3 is 0 Å². The molecule has 4 aromatic carbocycles. The molecule has 4 rings (SSSR count). The minimum absolute atomic E-state index is 0.0769. The molecule has 2 amide bonds. The van der Waals surface area contributed by atoms with E-state index in [0.29, 0.717) is 10.8 Å². The van der Waals surface area contributed by atoms with Gasteiger partial charge in [0.25, 0.3) is 10.0 Å². The predicted molar refractivity (Wildman–Crippen MR) is 180 cm³/mol. The molecule has 0 saturated heterocycles. The summed E-state index contributed by atoms with van der Waals surface area (Å²) in [5.41, 5.74) is 1.86. The van der Waals surface area contributed by atoms with E-state index in [0.717, 1.165) is 15.4 Å². The van der Waals surface area contributed by atoms with E-state index >= 15 is 0 Å². The van der Waals surface area contributed by atoms with E-state index in [4.69, 9.17) is 21.1 Å². The zero-order chi connectivity index (χ0) is 33.3. The maximum absolute atomic E-state index is 14.5. The third-order valence-electron chi connectivity index (χ3n) is 7.23. The minimum Gasteiger partial charge on any atom is -0.493 e. The van der Waals surface area contributed by atoms with Crippen molar-refractivity contribution in [2.45, 2.75) is 43.8 Å². The third-order valence-corrected chi connectivity index (χ3v) is 9.26. The molecule has 0 heterocycles. The molecule has 0 saturated carbocycles. The minimum atomic E-state index is -4.34. The molecule has 0 aliphatic rings. The Hall–Kier alpha value is -4.54. The molecule has 0 bridgehead atoms. The molecule has 4 aromatic rings. The maximum atomic E-state index is 14.5. The molecule has 0 radical (unpaired) electrons. The molecule has 0 fully saturated rings. The molecular weight excluding hydrogens is 626 g/mol. The number of nitrogens with zero attached hydrogens (tertiary/aromatic N) is 2. The van der Waals surface area contributed by atoms with Crippen LogP contribution in [-0.2, 0) is 32.6 Å². The second-order valence-electron chi connectivity index (χ2n) is 10.9. The lowest BCUT2D eigenvalue weighted by Crippen LogP contribution is -2.54. The van der Waals surface area contributed by atoms with Gasteiger partial charge in [0.15, 0.2) is 11.5 Å². The van der Waals surface area contributed by atoms with Crippen LogP contribution in [0.3, 0.4) is 0 Å². The van der Waals surface area contributed by atoms with Crippen LogP contribution in [0.5, 0.6) is 11.5 Å². The van der Waals surface area contributed by atoms with Gasteiger partial charge in [0, 0.05) is 30.1 Å². The van der Waals surface area contributed by atoms with Crippen LogP contribution in [0.2, 0.25) is 5.02 Å². The van der Waals surface area contributed by atoms with Gasteiger partial charge in [-0.05, 0) is 61.4 Å². The lowest BCUT2D eigenvalue weighted by Gasteiger charge is -2.34. The summed E-state index contributed by atoms with van der Waals surface area (Å²) in [6.07, 6.45) is 0.224. The number of rotatable bonds is 14. The van der Waals surface area contributed by atoms with E-state index in [1.54, 1.807) is 12.1 Å². The van der Waals surface area contributed by atoms with E-state index in [9.17, 15) is 18.0 Å². The summed E-state index contributed by atoms with van der Waals surface area (Å²) in [4.78, 5) is 29.6. The second-order valence-corrected chi connectivity index (χ2v) is 13.2. The molecular formula is C35H38ClN3O6S. The summed E-state index contributed by atoms with van der Waals surface area (Å²) in [6.45, 7) is 3.18. The number of nitrogens with one attached hydrogen (secondary N) is 1. The maximum Gasteiger partial charge on any atom is 0.264 e. The molecule has 1 unspecified atom stereocenters. The molecule has 9 nitrogen and oxygen atoms in total. The molecule has 11 heteroatoms. The van der Waals surface area contributed by atoms with Crippen LogP contribution in [0.25, 0.3) is 0 Å². The second kappa shape index (κ2) is 15.6. The fourth-order valence-electron chi connectivity index (χ4n) is 4.96. The van der Waals surface area contributed by atoms with E-state index in [1.165, 1.54) is 49.5 Å². The zero-order valence-corrected chi connectivity index (χ0v) is 27.8. The number of benzene rings is 4. The Morgan fingerprint density at radius 3 is 1.96 bits per heavy atom. The first-order chi connectivity index (χ1) is 22.0. The molecule has 0 aromatic heterocycles. The lowest BCUT2D eigenvalue weighted by molar-refractivity contribution is -0.140. The van der Waals surface area contributed by atoms with Crippen LogP contribution in [0, 0.1) is 0 Å². The number of hydrogen-bond acceptors (Lipinski definition) is 6. The van der Waals surface area contributed by atoms with Gasteiger partial charge in [0.05, 0.1) is 24.8 Å². The number of hydrogen-bond donors (Lipinski definition) is 1. The molecule has 0 aliphatic carbocycles. The zero-order valence-electron chi connectivity index (χ0n) is 26.2. The van der Waals surface area contributed by atoms with Gasteiger partial charge in [-0.3, -0.25) is 13.9 Å². The van der Waals surface area contributed by atoms with Crippen LogP contribution in [0.1, 0.15) is 25.0 Å². The van der Waals surface area contributed by atoms with Gasteiger partial charge in [0.2, 0.25) is 11.8 Å². The normalized spacial score (nSPS) is 11.9. The van der Waals surface area contributed by atoms with Gasteiger partial charge in [0.1, 0.15) is 12.6 Å². The summed E-state index contributed by atoms with van der Waals surface area (Å²) < 4.78 is 40.2. The van der Waals surface area contributed by atoms with Crippen LogP contribution in [-0.4, -0.2) is 58.0 Å². The van der Waals surface area contributed by atoms with Crippen molar-refractivity contribution in [3.05, 3.63) is 119 Å². The summed E-state index contributed by atoms with van der Waals surface area (Å²) in [6, 6.07) is 27.9. The Balaban J connectivity index is 1.81. The van der Waals surface area contributed by atoms with E-state index in [2.05, 4.69) is 5.32 Å². The van der Waals surface area contributed by atoms with Crippen LogP contribution in [0.15, 0.2) is 108 Å². The highest BCUT2D eigenvalue weighted by Gasteiger charge is 2.35. The van der Waals surface area contributed by atoms with Crippen molar-refractivity contribution in [1.82, 2.24) is 10.2 Å². The number of sulfonamides is 1. The number of anilines is 1. The first-order valence-corrected chi connectivity index (χ1v) is 16.5. The Kier molecular flexibility index (Phi) is 11.7. The van der Waals surface area contributed by atoms with Crippen molar-refractivity contribution in [3.63, 3.8) is 0 Å². The SMILES string of the molecule is COc1ccc(S(=O)(=O)N(CC(=O)N(Cc2ccccc2)C(Cc2ccccc2)C(=O)NC(C)C)c2ccc(Cl)cc2)cc1OC. The summed E-state index contributed by atoms with van der Waals surface area (Å²) >= 11 is 6.14. The van der Waals surface area contributed by atoms with Gasteiger partial charge < -0.3 is 19.7 Å². The van der Waals surface area contributed by atoms with E-state index < -0.39 is 28.5 Å². The fourth-order valence-corrected chi connectivity index (χ4v) is 6.51. The van der Waals surface area contributed by atoms with Crippen molar-refractivity contribution in [2.24, 2.45) is 0 Å². The van der Waals surface area contributed by atoms with E-state index in [-0.39, 0.29) is 41.2 Å². The van der Waals surface area contributed by atoms with Gasteiger partial charge in [-0.25, -0.2) is 8.42 Å². The number of halogens is 1. The van der Waals surface area contributed by atoms with Gasteiger partial charge in [-0.15, -0.1) is 0 Å². The number of methoxy groups -OCH3 is 2. The molecule has 0 spiro atoms. The van der Waals surface area contributed by atoms with Gasteiger partial charge in [-0.2, -0.15) is 0 Å². The average Bonchev–Trinajstić information content (AvgIpc) is 3.05. The Morgan fingerprint density at radius 1 is 0.804 bits per heavy atom. The Bertz CT molecular complexity index is 1720. The summed E-state index contributed by atoms with van der Waals surface area (Å²) in [7, 11) is -1.48. The van der Waals surface area contributed by atoms with Gasteiger partial charge in [-0.1, -0.05) is 72.3 Å². The van der Waals surface area contributed by atoms with Crippen LogP contribution >= 0.6 is 11.6 Å². The highest BCUT2D eigenvalue weighted by molar-refractivity contribution is 7.92. The number of carbonyl (C=O) groups is 2. The van der Waals surface area contributed by atoms with Crippen LogP contribution < -0.4 is 19.1 Å². The highest BCUT2D eigenvalue weighted by Crippen LogP contribution is 2.33. The molecule has 242 valence electrons. The fraction of sp³-hybridized carbons (Fsp3) is 0.257. The van der Waals surface area contributed by atoms with Crippen molar-refractivity contribution in [2.75, 3.05) is 25.1 Å². The standard InChI is InChI=1S/C35H38ClN3O6S/c1-25(2)37-35(41)31(21-26-11-7-5-8-12-26)38(23-27-13-9-6-10-14-27)34(40)24-39(29-17-15-28(36)16-18-29)46(42,43)30-19-20-32(44-3)33(22-30)45-4/h5-20,22,25,31H,21,23-24H2,1-4H3,(H,37,41). The molecule has 1 N–H and O–H groups in total. The molecule has 1 atom stereocenters. The average molecular weight is 664 g/mol. The van der Waals surface area contributed by atoms with Crippen molar-refractivity contribution >= 4 is 39.1 Å². The van der Waals surface area contributed by atoms with E-state index in [1.807, 2.05) is 74.5 Å². The first kappa shape index (κ1) is 34.3. The third kappa shape index (κ3) is 8.58. The highest BCUT2D eigenvalue weighted by atomic mass is 35.5. The van der Waals surface area contributed by atoms with Crippen molar-refractivity contribution in [3.8, 4) is 11.5 Å². The van der Waals surface area contributed by atoms with Crippen molar-refractivity contribution in [1.29, 1.82) is 0 Å². The predicted octanol–water partition coefficient (Wildman–Crippen LogP) is 5.72. The summed E-state index contributed by atoms with van der Waals surface area (Å²) in [5.74, 6) is -0.346. The Labute approximate surface area is 275 Å². The topological polar surface area (TPSA) is 105 Å².